The van der Waals surface area contributed by atoms with Crippen molar-refractivity contribution >= 4 is 12.1 Å². The predicted octanol–water partition coefficient (Wildman–Crippen LogP) is 3.49. The Morgan fingerprint density at radius 1 is 1.08 bits per heavy atom. The van der Waals surface area contributed by atoms with Gasteiger partial charge in [0.05, 0.1) is 26.0 Å². The molecule has 0 spiro atoms. The average molecular weight is 352 g/mol. The lowest BCUT2D eigenvalue weighted by molar-refractivity contribution is -0.137. The second-order valence-corrected chi connectivity index (χ2v) is 4.89. The molecule has 0 aromatic heterocycles. The van der Waals surface area contributed by atoms with Crippen LogP contribution in [0.2, 0.25) is 0 Å². The molecule has 0 radical (unpaired) electrons. The molecule has 1 N–H and O–H groups in total. The molecule has 25 heavy (non-hydrogen) atoms. The van der Waals surface area contributed by atoms with Crippen LogP contribution in [0.3, 0.4) is 0 Å². The van der Waals surface area contributed by atoms with Gasteiger partial charge in [0.2, 0.25) is 0 Å². The van der Waals surface area contributed by atoms with Gasteiger partial charge in [-0.05, 0) is 35.9 Å². The minimum Gasteiger partial charge on any atom is -0.493 e. The highest BCUT2D eigenvalue weighted by Gasteiger charge is 2.30. The molecular formula is C17H15F3N2O3. The summed E-state index contributed by atoms with van der Waals surface area (Å²) in [7, 11) is 2.91. The van der Waals surface area contributed by atoms with Gasteiger partial charge in [-0.3, -0.25) is 4.79 Å². The first-order valence-electron chi connectivity index (χ1n) is 7.08. The predicted molar refractivity (Wildman–Crippen MR) is 86.1 cm³/mol. The van der Waals surface area contributed by atoms with E-state index in [1.54, 1.807) is 6.07 Å². The fraction of sp³-hybridized carbons (Fsp3) is 0.176. The van der Waals surface area contributed by atoms with Crippen molar-refractivity contribution in [3.8, 4) is 11.5 Å². The number of benzene rings is 2. The standard InChI is InChI=1S/C17H15F3N2O3/c1-24-14-7-6-12(9-15(14)25-2)16(23)22-21-10-11-4-3-5-13(8-11)17(18,19)20/h3-10H,1-2H3,(H,22,23). The van der Waals surface area contributed by atoms with E-state index in [2.05, 4.69) is 10.5 Å². The Bertz CT molecular complexity index is 789. The van der Waals surface area contributed by atoms with E-state index in [1.165, 1.54) is 38.5 Å². The molecule has 0 atom stereocenters. The van der Waals surface area contributed by atoms with E-state index in [0.717, 1.165) is 18.3 Å². The SMILES string of the molecule is COc1ccc(C(=O)NN=Cc2cccc(C(F)(F)F)c2)cc1OC. The van der Waals surface area contributed by atoms with Gasteiger partial charge in [-0.2, -0.15) is 18.3 Å². The number of halogens is 3. The molecule has 0 saturated heterocycles. The Kier molecular flexibility index (Phi) is 5.63. The number of nitrogens with one attached hydrogen (secondary N) is 1. The zero-order valence-corrected chi connectivity index (χ0v) is 13.4. The molecule has 2 rings (SSSR count). The van der Waals surface area contributed by atoms with Gasteiger partial charge in [0.1, 0.15) is 0 Å². The lowest BCUT2D eigenvalue weighted by Gasteiger charge is -2.08. The number of amides is 1. The monoisotopic (exact) mass is 352 g/mol. The van der Waals surface area contributed by atoms with Crippen molar-refractivity contribution in [2.45, 2.75) is 6.18 Å². The normalized spacial score (nSPS) is 11.4. The number of carbonyl (C=O) groups excluding carboxylic acids is 1. The van der Waals surface area contributed by atoms with Crippen LogP contribution in [0.1, 0.15) is 21.5 Å². The van der Waals surface area contributed by atoms with E-state index in [9.17, 15) is 18.0 Å². The topological polar surface area (TPSA) is 59.9 Å². The molecule has 2 aromatic rings. The lowest BCUT2D eigenvalue weighted by Crippen LogP contribution is -2.17. The smallest absolute Gasteiger partial charge is 0.416 e. The van der Waals surface area contributed by atoms with E-state index >= 15 is 0 Å². The van der Waals surface area contributed by atoms with E-state index in [4.69, 9.17) is 9.47 Å². The number of nitrogens with zero attached hydrogens (tertiary/aromatic N) is 1. The number of rotatable bonds is 5. The molecule has 8 heteroatoms. The summed E-state index contributed by atoms with van der Waals surface area (Å²) in [6, 6.07) is 9.14. The summed E-state index contributed by atoms with van der Waals surface area (Å²) >= 11 is 0. The molecule has 0 heterocycles. The van der Waals surface area contributed by atoms with Crippen molar-refractivity contribution < 1.29 is 27.4 Å². The summed E-state index contributed by atoms with van der Waals surface area (Å²) in [4.78, 5) is 12.0. The molecule has 0 unspecified atom stereocenters. The number of methoxy groups -OCH3 is 2. The number of hydrogen-bond acceptors (Lipinski definition) is 4. The van der Waals surface area contributed by atoms with Crippen molar-refractivity contribution in [1.82, 2.24) is 5.43 Å². The molecule has 2 aromatic carbocycles. The molecule has 0 bridgehead atoms. The van der Waals surface area contributed by atoms with Crippen molar-refractivity contribution in [2.24, 2.45) is 5.10 Å². The number of carbonyl (C=O) groups is 1. The first-order chi connectivity index (χ1) is 11.8. The van der Waals surface area contributed by atoms with E-state index in [0.29, 0.717) is 11.5 Å². The van der Waals surface area contributed by atoms with Crippen molar-refractivity contribution in [2.75, 3.05) is 14.2 Å². The second-order valence-electron chi connectivity index (χ2n) is 4.89. The highest BCUT2D eigenvalue weighted by Crippen LogP contribution is 2.29. The largest absolute Gasteiger partial charge is 0.493 e. The minimum absolute atomic E-state index is 0.211. The number of alkyl halides is 3. The quantitative estimate of drug-likeness (QED) is 0.662. The number of hydrogen-bond donors (Lipinski definition) is 1. The Labute approximate surface area is 142 Å². The van der Waals surface area contributed by atoms with Crippen LogP contribution in [-0.4, -0.2) is 26.3 Å². The van der Waals surface area contributed by atoms with Gasteiger partial charge in [-0.1, -0.05) is 12.1 Å². The zero-order chi connectivity index (χ0) is 18.4. The van der Waals surface area contributed by atoms with Crippen molar-refractivity contribution in [1.29, 1.82) is 0 Å². The van der Waals surface area contributed by atoms with Gasteiger partial charge in [0.25, 0.3) is 5.91 Å². The van der Waals surface area contributed by atoms with Crippen LogP contribution in [0, 0.1) is 0 Å². The first kappa shape index (κ1) is 18.3. The van der Waals surface area contributed by atoms with Crippen molar-refractivity contribution in [3.05, 3.63) is 59.2 Å². The van der Waals surface area contributed by atoms with Gasteiger partial charge >= 0.3 is 6.18 Å². The minimum atomic E-state index is -4.44. The number of hydrazone groups is 1. The maximum absolute atomic E-state index is 12.6. The Hall–Kier alpha value is -3.03. The summed E-state index contributed by atoms with van der Waals surface area (Å²) in [5, 5.41) is 3.68. The van der Waals surface area contributed by atoms with E-state index in [1.807, 2.05) is 0 Å². The van der Waals surface area contributed by atoms with Gasteiger partial charge in [-0.15, -0.1) is 0 Å². The zero-order valence-electron chi connectivity index (χ0n) is 13.4. The molecule has 1 amide bonds. The highest BCUT2D eigenvalue weighted by atomic mass is 19.4. The summed E-state index contributed by atoms with van der Waals surface area (Å²) in [6.07, 6.45) is -3.30. The van der Waals surface area contributed by atoms with E-state index < -0.39 is 17.6 Å². The summed E-state index contributed by atoms with van der Waals surface area (Å²) in [5.74, 6) is 0.299. The van der Waals surface area contributed by atoms with Crippen LogP contribution in [-0.2, 0) is 6.18 Å². The lowest BCUT2D eigenvalue weighted by atomic mass is 10.1. The molecule has 0 aliphatic heterocycles. The third-order valence-corrected chi connectivity index (χ3v) is 3.24. The van der Waals surface area contributed by atoms with Gasteiger partial charge in [0.15, 0.2) is 11.5 Å². The second kappa shape index (κ2) is 7.69. The maximum atomic E-state index is 12.6. The number of ether oxygens (including phenoxy) is 2. The highest BCUT2D eigenvalue weighted by molar-refractivity contribution is 5.95. The van der Waals surface area contributed by atoms with Crippen molar-refractivity contribution in [3.63, 3.8) is 0 Å². The summed E-state index contributed by atoms with van der Waals surface area (Å²) < 4.78 is 48.1. The molecule has 0 saturated carbocycles. The third kappa shape index (κ3) is 4.72. The van der Waals surface area contributed by atoms with Gasteiger partial charge in [0, 0.05) is 5.56 Å². The van der Waals surface area contributed by atoms with Crippen LogP contribution in [0.15, 0.2) is 47.6 Å². The molecule has 0 aliphatic rings. The first-order valence-corrected chi connectivity index (χ1v) is 7.08. The van der Waals surface area contributed by atoms with E-state index in [-0.39, 0.29) is 11.1 Å². The summed E-state index contributed by atoms with van der Waals surface area (Å²) in [6.45, 7) is 0. The van der Waals surface area contributed by atoms with Crippen LogP contribution in [0.4, 0.5) is 13.2 Å². The van der Waals surface area contributed by atoms with Gasteiger partial charge in [-0.25, -0.2) is 5.43 Å². The molecule has 0 aliphatic carbocycles. The molecule has 132 valence electrons. The fourth-order valence-corrected chi connectivity index (χ4v) is 2.00. The van der Waals surface area contributed by atoms with Crippen LogP contribution in [0.25, 0.3) is 0 Å². The third-order valence-electron chi connectivity index (χ3n) is 3.24. The average Bonchev–Trinajstić information content (AvgIpc) is 2.60. The molecular weight excluding hydrogens is 337 g/mol. The Morgan fingerprint density at radius 2 is 1.80 bits per heavy atom. The molecule has 0 fully saturated rings. The Balaban J connectivity index is 2.08. The van der Waals surface area contributed by atoms with Gasteiger partial charge < -0.3 is 9.47 Å². The fourth-order valence-electron chi connectivity index (χ4n) is 2.00. The van der Waals surface area contributed by atoms with Crippen LogP contribution < -0.4 is 14.9 Å². The van der Waals surface area contributed by atoms with Crippen LogP contribution in [0.5, 0.6) is 11.5 Å². The Morgan fingerprint density at radius 3 is 2.44 bits per heavy atom. The summed E-state index contributed by atoms with van der Waals surface area (Å²) in [5.41, 5.74) is 1.93. The maximum Gasteiger partial charge on any atom is 0.416 e. The molecule has 5 nitrogen and oxygen atoms in total. The van der Waals surface area contributed by atoms with Crippen LogP contribution >= 0.6 is 0 Å².